The van der Waals surface area contributed by atoms with Crippen LogP contribution in [-0.4, -0.2) is 48.1 Å². The van der Waals surface area contributed by atoms with Gasteiger partial charge in [0.1, 0.15) is 12.2 Å². The Balaban J connectivity index is 1.59. The molecular weight excluding hydrogens is 208 g/mol. The van der Waals surface area contributed by atoms with Gasteiger partial charge in [0, 0.05) is 19.1 Å². The van der Waals surface area contributed by atoms with Gasteiger partial charge in [0.05, 0.1) is 0 Å². The molecule has 5 heteroatoms. The van der Waals surface area contributed by atoms with E-state index in [2.05, 4.69) is 5.32 Å². The second kappa shape index (κ2) is 3.82. The highest BCUT2D eigenvalue weighted by molar-refractivity contribution is 6.02. The third-order valence-corrected chi connectivity index (χ3v) is 3.45. The summed E-state index contributed by atoms with van der Waals surface area (Å²) in [6.07, 6.45) is 3.11. The maximum atomic E-state index is 11.8. The second-order valence-corrected chi connectivity index (χ2v) is 4.75. The number of hydrogen-bond acceptors (Lipinski definition) is 4. The number of carbonyl (C=O) groups is 2. The van der Waals surface area contributed by atoms with Gasteiger partial charge in [-0.1, -0.05) is 0 Å². The van der Waals surface area contributed by atoms with Crippen molar-refractivity contribution in [1.82, 2.24) is 10.2 Å². The summed E-state index contributed by atoms with van der Waals surface area (Å²) in [5, 5.41) is 3.31. The minimum absolute atomic E-state index is 0.142. The van der Waals surface area contributed by atoms with Gasteiger partial charge in [-0.25, -0.2) is 0 Å². The van der Waals surface area contributed by atoms with E-state index in [1.807, 2.05) is 0 Å². The van der Waals surface area contributed by atoms with Crippen LogP contribution in [0.15, 0.2) is 0 Å². The van der Waals surface area contributed by atoms with Crippen LogP contribution in [0, 0.1) is 0 Å². The number of hydrogen-bond donors (Lipinski definition) is 1. The summed E-state index contributed by atoms with van der Waals surface area (Å²) in [5.41, 5.74) is 0. The molecule has 2 aliphatic heterocycles. The largest absolute Gasteiger partial charge is 0.355 e. The molecule has 5 nitrogen and oxygen atoms in total. The number of rotatable bonds is 4. The van der Waals surface area contributed by atoms with Gasteiger partial charge in [0.2, 0.25) is 0 Å². The molecule has 2 heterocycles. The van der Waals surface area contributed by atoms with E-state index in [0.717, 1.165) is 0 Å². The van der Waals surface area contributed by atoms with Crippen LogP contribution in [0.4, 0.5) is 0 Å². The Morgan fingerprint density at radius 3 is 2.31 bits per heavy atom. The standard InChI is InChI=1S/C11H16N2O3/c14-10-8-3-4-9(16-8)11(15)13(10)6-5-12-7-1-2-7/h7-9,12H,1-6H2. The van der Waals surface area contributed by atoms with Crippen LogP contribution < -0.4 is 5.32 Å². The fraction of sp³-hybridized carbons (Fsp3) is 0.818. The van der Waals surface area contributed by atoms with Crippen molar-refractivity contribution in [3.8, 4) is 0 Å². The Morgan fingerprint density at radius 1 is 1.12 bits per heavy atom. The van der Waals surface area contributed by atoms with E-state index in [0.29, 0.717) is 32.0 Å². The third kappa shape index (κ3) is 1.74. The maximum absolute atomic E-state index is 11.8. The molecule has 3 fully saturated rings. The summed E-state index contributed by atoms with van der Waals surface area (Å²) >= 11 is 0. The smallest absolute Gasteiger partial charge is 0.258 e. The quantitative estimate of drug-likeness (QED) is 0.663. The molecule has 3 rings (SSSR count). The zero-order chi connectivity index (χ0) is 11.1. The molecule has 88 valence electrons. The van der Waals surface area contributed by atoms with Crippen molar-refractivity contribution >= 4 is 11.8 Å². The molecule has 1 N–H and O–H groups in total. The van der Waals surface area contributed by atoms with Gasteiger partial charge in [0.15, 0.2) is 0 Å². The number of fused-ring (bicyclic) bond motifs is 2. The molecule has 0 spiro atoms. The van der Waals surface area contributed by atoms with E-state index in [1.165, 1.54) is 17.7 Å². The van der Waals surface area contributed by atoms with Crippen molar-refractivity contribution in [3.05, 3.63) is 0 Å². The van der Waals surface area contributed by atoms with E-state index < -0.39 is 0 Å². The summed E-state index contributed by atoms with van der Waals surface area (Å²) in [6.45, 7) is 1.20. The minimum Gasteiger partial charge on any atom is -0.355 e. The molecule has 0 radical (unpaired) electrons. The van der Waals surface area contributed by atoms with Crippen LogP contribution in [0.5, 0.6) is 0 Å². The average molecular weight is 224 g/mol. The SMILES string of the molecule is O=C1C2CCC(O2)C(=O)N1CCNC1CC1. The highest BCUT2D eigenvalue weighted by Gasteiger charge is 2.46. The molecule has 2 unspecified atom stereocenters. The number of carbonyl (C=O) groups excluding carboxylic acids is 2. The summed E-state index contributed by atoms with van der Waals surface area (Å²) < 4.78 is 5.33. The van der Waals surface area contributed by atoms with E-state index >= 15 is 0 Å². The highest BCUT2D eigenvalue weighted by Crippen LogP contribution is 2.28. The Kier molecular flexibility index (Phi) is 2.44. The summed E-state index contributed by atoms with van der Waals surface area (Å²) in [5.74, 6) is -0.285. The second-order valence-electron chi connectivity index (χ2n) is 4.75. The van der Waals surface area contributed by atoms with Gasteiger partial charge < -0.3 is 10.1 Å². The van der Waals surface area contributed by atoms with Crippen LogP contribution >= 0.6 is 0 Å². The Morgan fingerprint density at radius 2 is 1.75 bits per heavy atom. The van der Waals surface area contributed by atoms with E-state index in [4.69, 9.17) is 4.74 Å². The lowest BCUT2D eigenvalue weighted by atomic mass is 10.2. The van der Waals surface area contributed by atoms with Crippen LogP contribution in [0.25, 0.3) is 0 Å². The van der Waals surface area contributed by atoms with Gasteiger partial charge in [-0.3, -0.25) is 14.5 Å². The van der Waals surface area contributed by atoms with Crippen molar-refractivity contribution in [1.29, 1.82) is 0 Å². The predicted octanol–water partition coefficient (Wildman–Crippen LogP) is -0.345. The van der Waals surface area contributed by atoms with Crippen molar-refractivity contribution < 1.29 is 14.3 Å². The molecule has 0 aromatic rings. The molecule has 1 saturated carbocycles. The molecule has 0 aromatic heterocycles. The first-order valence-corrected chi connectivity index (χ1v) is 6.00. The van der Waals surface area contributed by atoms with Crippen LogP contribution in [0.2, 0.25) is 0 Å². The van der Waals surface area contributed by atoms with Crippen molar-refractivity contribution in [2.24, 2.45) is 0 Å². The number of amides is 2. The summed E-state index contributed by atoms with van der Waals surface area (Å²) in [7, 11) is 0. The van der Waals surface area contributed by atoms with Crippen molar-refractivity contribution in [2.45, 2.75) is 43.9 Å². The molecule has 2 bridgehead atoms. The molecular formula is C11H16N2O3. The normalized spacial score (nSPS) is 33.6. The van der Waals surface area contributed by atoms with Gasteiger partial charge in [-0.2, -0.15) is 0 Å². The number of ether oxygens (including phenoxy) is 1. The lowest BCUT2D eigenvalue weighted by Gasteiger charge is -2.29. The molecule has 0 aromatic carbocycles. The van der Waals surface area contributed by atoms with Gasteiger partial charge in [-0.15, -0.1) is 0 Å². The van der Waals surface area contributed by atoms with E-state index in [-0.39, 0.29) is 24.0 Å². The zero-order valence-corrected chi connectivity index (χ0v) is 9.15. The molecule has 2 amide bonds. The third-order valence-electron chi connectivity index (χ3n) is 3.45. The topological polar surface area (TPSA) is 58.6 Å². The Bertz CT molecular complexity index is 305. The van der Waals surface area contributed by atoms with Crippen LogP contribution in [-0.2, 0) is 14.3 Å². The minimum atomic E-state index is -0.358. The number of morpholine rings is 1. The number of imide groups is 1. The molecule has 2 saturated heterocycles. The monoisotopic (exact) mass is 224 g/mol. The number of nitrogens with one attached hydrogen (secondary N) is 1. The molecule has 1 aliphatic carbocycles. The predicted molar refractivity (Wildman–Crippen MR) is 55.6 cm³/mol. The first-order valence-electron chi connectivity index (χ1n) is 6.00. The van der Waals surface area contributed by atoms with E-state index in [9.17, 15) is 9.59 Å². The van der Waals surface area contributed by atoms with Gasteiger partial charge in [-0.05, 0) is 25.7 Å². The first-order chi connectivity index (χ1) is 7.75. The maximum Gasteiger partial charge on any atom is 0.258 e. The molecule has 3 aliphatic rings. The lowest BCUT2D eigenvalue weighted by Crippen LogP contribution is -2.53. The zero-order valence-electron chi connectivity index (χ0n) is 9.15. The van der Waals surface area contributed by atoms with Crippen molar-refractivity contribution in [2.75, 3.05) is 13.1 Å². The fourth-order valence-corrected chi connectivity index (χ4v) is 2.35. The van der Waals surface area contributed by atoms with Crippen molar-refractivity contribution in [3.63, 3.8) is 0 Å². The highest BCUT2D eigenvalue weighted by atomic mass is 16.5. The van der Waals surface area contributed by atoms with Gasteiger partial charge >= 0.3 is 0 Å². The Labute approximate surface area is 94.1 Å². The van der Waals surface area contributed by atoms with Crippen LogP contribution in [0.3, 0.4) is 0 Å². The average Bonchev–Trinajstić information content (AvgIpc) is 2.97. The molecule has 16 heavy (non-hydrogen) atoms. The molecule has 2 atom stereocenters. The van der Waals surface area contributed by atoms with E-state index in [1.54, 1.807) is 0 Å². The Hall–Kier alpha value is -0.940. The lowest BCUT2D eigenvalue weighted by molar-refractivity contribution is -0.168. The first kappa shape index (κ1) is 10.2. The van der Waals surface area contributed by atoms with Gasteiger partial charge in [0.25, 0.3) is 11.8 Å². The summed E-state index contributed by atoms with van der Waals surface area (Å²) in [6, 6.07) is 0.614. The van der Waals surface area contributed by atoms with Crippen LogP contribution in [0.1, 0.15) is 25.7 Å². The summed E-state index contributed by atoms with van der Waals surface area (Å²) in [4.78, 5) is 25.1. The number of likely N-dealkylation sites (tertiary alicyclic amines) is 1. The number of nitrogens with zero attached hydrogens (tertiary/aromatic N) is 1. The fourth-order valence-electron chi connectivity index (χ4n) is 2.35.